The second-order valence-corrected chi connectivity index (χ2v) is 9.11. The van der Waals surface area contributed by atoms with Crippen molar-refractivity contribution < 1.29 is 4.79 Å². The van der Waals surface area contributed by atoms with Gasteiger partial charge in [-0.05, 0) is 22.8 Å². The quantitative estimate of drug-likeness (QED) is 0.239. The van der Waals surface area contributed by atoms with E-state index in [0.717, 1.165) is 6.42 Å². The highest BCUT2D eigenvalue weighted by Gasteiger charge is 2.04. The van der Waals surface area contributed by atoms with Crippen LogP contribution in [0, 0.1) is 0 Å². The molecule has 0 aliphatic heterocycles. The molecule has 31 heavy (non-hydrogen) atoms. The molecule has 172 valence electrons. The maximum Gasteiger partial charge on any atom is 0.220 e. The van der Waals surface area contributed by atoms with E-state index < -0.39 is 0 Å². The highest BCUT2D eigenvalue weighted by Crippen LogP contribution is 2.18. The van der Waals surface area contributed by atoms with Crippen molar-refractivity contribution in [3.8, 4) is 0 Å². The van der Waals surface area contributed by atoms with Gasteiger partial charge in [-0.1, -0.05) is 139 Å². The summed E-state index contributed by atoms with van der Waals surface area (Å²) in [7, 11) is 0. The van der Waals surface area contributed by atoms with Gasteiger partial charge >= 0.3 is 0 Å². The number of carbonyl (C=O) groups excluding carboxylic acids is 1. The lowest BCUT2D eigenvalue weighted by atomic mass is 10.0. The Morgan fingerprint density at radius 1 is 0.645 bits per heavy atom. The summed E-state index contributed by atoms with van der Waals surface area (Å²) in [6.45, 7) is 2.91. The fourth-order valence-electron chi connectivity index (χ4n) is 4.39. The Bertz CT molecular complexity index is 718. The van der Waals surface area contributed by atoms with Gasteiger partial charge in [0.05, 0.1) is 0 Å². The fraction of sp³-hybridized carbons (Fsp3) is 0.621. The van der Waals surface area contributed by atoms with Gasteiger partial charge in [0.1, 0.15) is 0 Å². The molecule has 0 bridgehead atoms. The van der Waals surface area contributed by atoms with Crippen molar-refractivity contribution in [3.05, 3.63) is 48.0 Å². The van der Waals surface area contributed by atoms with Gasteiger partial charge in [-0.25, -0.2) is 0 Å². The number of unbranched alkanes of at least 4 members (excludes halogenated alkanes) is 14. The van der Waals surface area contributed by atoms with E-state index in [9.17, 15) is 4.79 Å². The lowest BCUT2D eigenvalue weighted by Crippen LogP contribution is -2.22. The smallest absolute Gasteiger partial charge is 0.220 e. The zero-order valence-electron chi connectivity index (χ0n) is 20.0. The first kappa shape index (κ1) is 25.4. The molecule has 0 atom stereocenters. The first-order valence-corrected chi connectivity index (χ1v) is 13.0. The number of amides is 1. The van der Waals surface area contributed by atoms with Crippen molar-refractivity contribution in [1.82, 2.24) is 5.32 Å². The summed E-state index contributed by atoms with van der Waals surface area (Å²) in [5, 5.41) is 5.57. The van der Waals surface area contributed by atoms with Gasteiger partial charge in [-0.2, -0.15) is 0 Å². The zero-order chi connectivity index (χ0) is 22.0. The monoisotopic (exact) mass is 423 g/mol. The minimum absolute atomic E-state index is 0.183. The maximum atomic E-state index is 12.2. The van der Waals surface area contributed by atoms with Gasteiger partial charge < -0.3 is 5.32 Å². The van der Waals surface area contributed by atoms with Crippen LogP contribution < -0.4 is 5.32 Å². The Kier molecular flexibility index (Phi) is 13.8. The van der Waals surface area contributed by atoms with Crippen LogP contribution in [0.2, 0.25) is 0 Å². The molecule has 0 aromatic heterocycles. The molecule has 2 nitrogen and oxygen atoms in total. The molecule has 1 amide bonds. The number of carbonyl (C=O) groups is 1. The van der Waals surface area contributed by atoms with E-state index in [1.54, 1.807) is 0 Å². The van der Waals surface area contributed by atoms with E-state index in [0.29, 0.717) is 13.0 Å². The van der Waals surface area contributed by atoms with Crippen LogP contribution in [0.1, 0.15) is 115 Å². The molecule has 0 radical (unpaired) electrons. The molecular formula is C29H45NO. The second-order valence-electron chi connectivity index (χ2n) is 9.11. The SMILES string of the molecule is CCCCCCCCCCCCCCCCCC(=O)NCc1cccc2ccccc12. The van der Waals surface area contributed by atoms with Crippen LogP contribution in [0.3, 0.4) is 0 Å². The molecule has 1 N–H and O–H groups in total. The summed E-state index contributed by atoms with van der Waals surface area (Å²) >= 11 is 0. The molecule has 0 aliphatic carbocycles. The minimum Gasteiger partial charge on any atom is -0.352 e. The highest BCUT2D eigenvalue weighted by molar-refractivity contribution is 5.86. The third kappa shape index (κ3) is 11.4. The van der Waals surface area contributed by atoms with Gasteiger partial charge in [0, 0.05) is 13.0 Å². The summed E-state index contributed by atoms with van der Waals surface area (Å²) < 4.78 is 0. The Morgan fingerprint density at radius 3 is 1.77 bits per heavy atom. The van der Waals surface area contributed by atoms with Crippen LogP contribution in [-0.4, -0.2) is 5.91 Å². The Hall–Kier alpha value is -1.83. The number of hydrogen-bond donors (Lipinski definition) is 1. The molecule has 2 heteroatoms. The van der Waals surface area contributed by atoms with Crippen molar-refractivity contribution >= 4 is 16.7 Å². The molecule has 0 heterocycles. The third-order valence-electron chi connectivity index (χ3n) is 6.36. The van der Waals surface area contributed by atoms with Crippen molar-refractivity contribution in [3.63, 3.8) is 0 Å². The Balaban J connectivity index is 1.39. The van der Waals surface area contributed by atoms with Crippen LogP contribution >= 0.6 is 0 Å². The predicted octanol–water partition coefficient (Wildman–Crippen LogP) is 8.72. The molecule has 0 spiro atoms. The lowest BCUT2D eigenvalue weighted by molar-refractivity contribution is -0.121. The van der Waals surface area contributed by atoms with E-state index >= 15 is 0 Å². The maximum absolute atomic E-state index is 12.2. The molecule has 0 unspecified atom stereocenters. The topological polar surface area (TPSA) is 29.1 Å². The summed E-state index contributed by atoms with van der Waals surface area (Å²) in [6.07, 6.45) is 21.0. The largest absolute Gasteiger partial charge is 0.352 e. The van der Waals surface area contributed by atoms with Crippen molar-refractivity contribution in [2.75, 3.05) is 0 Å². The Morgan fingerprint density at radius 2 is 1.16 bits per heavy atom. The number of benzene rings is 2. The van der Waals surface area contributed by atoms with Crippen molar-refractivity contribution in [2.45, 2.75) is 116 Å². The first-order valence-electron chi connectivity index (χ1n) is 13.0. The van der Waals surface area contributed by atoms with E-state index in [4.69, 9.17) is 0 Å². The fourth-order valence-corrected chi connectivity index (χ4v) is 4.39. The van der Waals surface area contributed by atoms with E-state index in [1.807, 2.05) is 0 Å². The molecule has 2 aromatic rings. The van der Waals surface area contributed by atoms with Gasteiger partial charge in [0.25, 0.3) is 0 Å². The van der Waals surface area contributed by atoms with Crippen LogP contribution in [-0.2, 0) is 11.3 Å². The number of rotatable bonds is 18. The summed E-state index contributed by atoms with van der Waals surface area (Å²) in [5.74, 6) is 0.183. The van der Waals surface area contributed by atoms with Crippen LogP contribution in [0.15, 0.2) is 42.5 Å². The van der Waals surface area contributed by atoms with Crippen LogP contribution in [0.5, 0.6) is 0 Å². The van der Waals surface area contributed by atoms with Gasteiger partial charge in [0.15, 0.2) is 0 Å². The average molecular weight is 424 g/mol. The number of hydrogen-bond acceptors (Lipinski definition) is 1. The standard InChI is InChI=1S/C29H45NO/c1-2-3-4-5-6-7-8-9-10-11-12-13-14-15-16-24-29(31)30-25-27-22-19-21-26-20-17-18-23-28(26)27/h17-23H,2-16,24-25H2,1H3,(H,30,31). The van der Waals surface area contributed by atoms with Gasteiger partial charge in [0.2, 0.25) is 5.91 Å². The third-order valence-corrected chi connectivity index (χ3v) is 6.36. The molecule has 0 saturated heterocycles. The number of fused-ring (bicyclic) bond motifs is 1. The molecule has 2 rings (SSSR count). The van der Waals surface area contributed by atoms with Crippen LogP contribution in [0.25, 0.3) is 10.8 Å². The first-order chi connectivity index (χ1) is 15.3. The predicted molar refractivity (Wildman–Crippen MR) is 135 cm³/mol. The van der Waals surface area contributed by atoms with Crippen molar-refractivity contribution in [1.29, 1.82) is 0 Å². The number of nitrogens with one attached hydrogen (secondary N) is 1. The average Bonchev–Trinajstić information content (AvgIpc) is 2.80. The molecule has 2 aromatic carbocycles. The molecule has 0 aliphatic rings. The Labute approximate surface area is 191 Å². The summed E-state index contributed by atoms with van der Waals surface area (Å²) in [6, 6.07) is 14.7. The minimum atomic E-state index is 0.183. The van der Waals surface area contributed by atoms with E-state index in [2.05, 4.69) is 54.7 Å². The van der Waals surface area contributed by atoms with E-state index in [-0.39, 0.29) is 5.91 Å². The molecule has 0 saturated carbocycles. The normalized spacial score (nSPS) is 11.1. The summed E-state index contributed by atoms with van der Waals surface area (Å²) in [5.41, 5.74) is 1.20. The van der Waals surface area contributed by atoms with E-state index in [1.165, 1.54) is 106 Å². The molecular weight excluding hydrogens is 378 g/mol. The summed E-state index contributed by atoms with van der Waals surface area (Å²) in [4.78, 5) is 12.2. The lowest BCUT2D eigenvalue weighted by Gasteiger charge is -2.08. The highest BCUT2D eigenvalue weighted by atomic mass is 16.1. The zero-order valence-corrected chi connectivity index (χ0v) is 20.0. The second kappa shape index (κ2) is 16.8. The van der Waals surface area contributed by atoms with Gasteiger partial charge in [-0.3, -0.25) is 4.79 Å². The van der Waals surface area contributed by atoms with Crippen molar-refractivity contribution in [2.24, 2.45) is 0 Å². The van der Waals surface area contributed by atoms with Crippen LogP contribution in [0.4, 0.5) is 0 Å². The molecule has 0 fully saturated rings. The van der Waals surface area contributed by atoms with Gasteiger partial charge in [-0.15, -0.1) is 0 Å².